The van der Waals surface area contributed by atoms with Crippen LogP contribution in [0.15, 0.2) is 29.2 Å². The molecule has 2 aromatic rings. The number of ether oxygens (including phenoxy) is 2. The molecule has 1 aliphatic carbocycles. The summed E-state index contributed by atoms with van der Waals surface area (Å²) >= 11 is 1.58. The molecule has 0 saturated heterocycles. The summed E-state index contributed by atoms with van der Waals surface area (Å²) in [6, 6.07) is 6.89. The van der Waals surface area contributed by atoms with Crippen molar-refractivity contribution >= 4 is 23.2 Å². The Morgan fingerprint density at radius 3 is 2.96 bits per heavy atom. The van der Waals surface area contributed by atoms with Crippen LogP contribution in [0.5, 0.6) is 11.5 Å². The maximum absolute atomic E-state index is 12.5. The van der Waals surface area contributed by atoms with Crippen LogP contribution >= 0.6 is 11.3 Å². The van der Waals surface area contributed by atoms with E-state index >= 15 is 0 Å². The first kappa shape index (κ1) is 14.0. The quantitative estimate of drug-likeness (QED) is 0.488. The van der Waals surface area contributed by atoms with Crippen molar-refractivity contribution in [2.45, 2.75) is 18.8 Å². The number of hydrogen-bond donors (Lipinski definition) is 0. The molecule has 0 bridgehead atoms. The van der Waals surface area contributed by atoms with Gasteiger partial charge in [0.05, 0.1) is 10.7 Å². The van der Waals surface area contributed by atoms with Crippen LogP contribution in [-0.4, -0.2) is 17.6 Å². The molecule has 0 radical (unpaired) electrons. The summed E-state index contributed by atoms with van der Waals surface area (Å²) in [4.78, 5) is 17.0. The van der Waals surface area contributed by atoms with Crippen molar-refractivity contribution in [3.63, 3.8) is 0 Å². The number of aromatic nitrogens is 1. The molecule has 6 heteroatoms. The number of benzene rings is 1. The van der Waals surface area contributed by atoms with Crippen molar-refractivity contribution in [3.8, 4) is 17.6 Å². The minimum absolute atomic E-state index is 0.0662. The molecule has 1 aliphatic heterocycles. The largest absolute Gasteiger partial charge is 0.454 e. The van der Waals surface area contributed by atoms with Gasteiger partial charge in [-0.05, 0) is 37.1 Å². The number of Topliss-reactive ketones (excluding diaryl/α,β-unsaturated/α-hetero) is 1. The molecule has 5 nitrogen and oxygen atoms in total. The van der Waals surface area contributed by atoms with Gasteiger partial charge in [-0.15, -0.1) is 11.3 Å². The van der Waals surface area contributed by atoms with Gasteiger partial charge in [-0.2, -0.15) is 5.26 Å². The van der Waals surface area contributed by atoms with Crippen LogP contribution in [0.4, 0.5) is 0 Å². The third kappa shape index (κ3) is 2.71. The van der Waals surface area contributed by atoms with Gasteiger partial charge >= 0.3 is 0 Å². The van der Waals surface area contributed by atoms with Crippen molar-refractivity contribution in [1.82, 2.24) is 4.98 Å². The topological polar surface area (TPSA) is 72.2 Å². The van der Waals surface area contributed by atoms with Crippen LogP contribution in [0.1, 0.15) is 39.8 Å². The highest BCUT2D eigenvalue weighted by molar-refractivity contribution is 7.09. The van der Waals surface area contributed by atoms with Gasteiger partial charge in [-0.3, -0.25) is 4.79 Å². The van der Waals surface area contributed by atoms with Crippen molar-refractivity contribution < 1.29 is 14.3 Å². The van der Waals surface area contributed by atoms with Crippen molar-refractivity contribution in [2.24, 2.45) is 0 Å². The zero-order valence-corrected chi connectivity index (χ0v) is 12.9. The van der Waals surface area contributed by atoms with Crippen LogP contribution in [0.3, 0.4) is 0 Å². The molecule has 0 spiro atoms. The van der Waals surface area contributed by atoms with Gasteiger partial charge in [-0.25, -0.2) is 4.98 Å². The first-order valence-corrected chi connectivity index (χ1v) is 8.14. The van der Waals surface area contributed by atoms with Crippen molar-refractivity contribution in [1.29, 1.82) is 5.26 Å². The number of rotatable bonds is 4. The summed E-state index contributed by atoms with van der Waals surface area (Å²) in [7, 11) is 0. The van der Waals surface area contributed by atoms with Gasteiger partial charge in [0.2, 0.25) is 12.6 Å². The molecule has 1 aromatic carbocycles. The standard InChI is InChI=1S/C17H12N2O3S/c18-7-12(5-13-8-23-17(19-13)10-1-2-10)16(20)11-3-4-14-15(6-11)22-9-21-14/h3-6,8,10H,1-2,9H2/b12-5-. The van der Waals surface area contributed by atoms with E-state index in [2.05, 4.69) is 4.98 Å². The Morgan fingerprint density at radius 1 is 1.35 bits per heavy atom. The number of thiazole rings is 1. The van der Waals surface area contributed by atoms with Gasteiger partial charge in [0, 0.05) is 16.9 Å². The lowest BCUT2D eigenvalue weighted by Gasteiger charge is -2.01. The Balaban J connectivity index is 1.61. The van der Waals surface area contributed by atoms with Gasteiger partial charge in [0.25, 0.3) is 0 Å². The average molecular weight is 324 g/mol. The second-order valence-electron chi connectivity index (χ2n) is 5.45. The van der Waals surface area contributed by atoms with E-state index in [1.807, 2.05) is 11.4 Å². The fourth-order valence-corrected chi connectivity index (χ4v) is 3.32. The molecule has 0 atom stereocenters. The molecule has 0 unspecified atom stereocenters. The summed E-state index contributed by atoms with van der Waals surface area (Å²) in [5, 5.41) is 12.3. The predicted molar refractivity (Wildman–Crippen MR) is 84.6 cm³/mol. The van der Waals surface area contributed by atoms with Crippen LogP contribution < -0.4 is 9.47 Å². The Morgan fingerprint density at radius 2 is 2.17 bits per heavy atom. The van der Waals surface area contributed by atoms with E-state index in [0.29, 0.717) is 28.7 Å². The molecule has 0 amide bonds. The molecule has 2 heterocycles. The highest BCUT2D eigenvalue weighted by Crippen LogP contribution is 2.41. The van der Waals surface area contributed by atoms with Crippen molar-refractivity contribution in [2.75, 3.05) is 6.79 Å². The first-order chi connectivity index (χ1) is 11.2. The Labute approximate surface area is 136 Å². The lowest BCUT2D eigenvalue weighted by molar-refractivity contribution is 0.103. The third-order valence-electron chi connectivity index (χ3n) is 3.76. The smallest absolute Gasteiger partial charge is 0.231 e. The summed E-state index contributed by atoms with van der Waals surface area (Å²) in [6.07, 6.45) is 3.91. The average Bonchev–Trinajstić information content (AvgIpc) is 3.14. The van der Waals surface area contributed by atoms with Crippen LogP contribution in [0, 0.1) is 11.3 Å². The summed E-state index contributed by atoms with van der Waals surface area (Å²) < 4.78 is 10.5. The number of nitrogens with zero attached hydrogens (tertiary/aromatic N) is 2. The number of ketones is 1. The minimum atomic E-state index is -0.341. The maximum Gasteiger partial charge on any atom is 0.231 e. The number of fused-ring (bicyclic) bond motifs is 1. The fraction of sp³-hybridized carbons (Fsp3) is 0.235. The van der Waals surface area contributed by atoms with Gasteiger partial charge in [0.15, 0.2) is 11.5 Å². The van der Waals surface area contributed by atoms with Crippen LogP contribution in [-0.2, 0) is 0 Å². The SMILES string of the molecule is N#C/C(=C/c1csc(C2CC2)n1)C(=O)c1ccc2c(c1)OCO2. The summed E-state index contributed by atoms with van der Waals surface area (Å²) in [5.41, 5.74) is 1.14. The van der Waals surface area contributed by atoms with Crippen LogP contribution in [0.2, 0.25) is 0 Å². The molecular weight excluding hydrogens is 312 g/mol. The van der Waals surface area contributed by atoms with Crippen molar-refractivity contribution in [3.05, 3.63) is 45.4 Å². The van der Waals surface area contributed by atoms with E-state index in [1.54, 1.807) is 35.6 Å². The molecule has 1 saturated carbocycles. The normalized spacial score (nSPS) is 16.2. The van der Waals surface area contributed by atoms with E-state index < -0.39 is 0 Å². The Hall–Kier alpha value is -2.65. The molecular formula is C17H12N2O3S. The lowest BCUT2D eigenvalue weighted by atomic mass is 10.0. The number of hydrogen-bond acceptors (Lipinski definition) is 6. The number of carbonyl (C=O) groups excluding carboxylic acids is 1. The summed E-state index contributed by atoms with van der Waals surface area (Å²) in [6.45, 7) is 0.149. The molecule has 1 fully saturated rings. The van der Waals surface area contributed by atoms with Crippen LogP contribution in [0.25, 0.3) is 6.08 Å². The number of nitriles is 1. The molecule has 4 rings (SSSR count). The second kappa shape index (κ2) is 5.52. The van der Waals surface area contributed by atoms with E-state index in [4.69, 9.17) is 9.47 Å². The molecule has 2 aliphatic rings. The molecule has 0 N–H and O–H groups in total. The molecule has 114 valence electrons. The Kier molecular flexibility index (Phi) is 3.36. The zero-order valence-electron chi connectivity index (χ0n) is 12.1. The van der Waals surface area contributed by atoms with E-state index in [9.17, 15) is 10.1 Å². The summed E-state index contributed by atoms with van der Waals surface area (Å²) in [5.74, 6) is 1.36. The molecule has 1 aromatic heterocycles. The number of allylic oxidation sites excluding steroid dienone is 1. The highest BCUT2D eigenvalue weighted by Gasteiger charge is 2.26. The fourth-order valence-electron chi connectivity index (χ4n) is 2.37. The first-order valence-electron chi connectivity index (χ1n) is 7.26. The van der Waals surface area contributed by atoms with E-state index in [-0.39, 0.29) is 18.1 Å². The maximum atomic E-state index is 12.5. The third-order valence-corrected chi connectivity index (χ3v) is 4.78. The van der Waals surface area contributed by atoms with Gasteiger partial charge in [-0.1, -0.05) is 0 Å². The van der Waals surface area contributed by atoms with E-state index in [1.165, 1.54) is 12.8 Å². The Bertz CT molecular complexity index is 859. The molecule has 23 heavy (non-hydrogen) atoms. The highest BCUT2D eigenvalue weighted by atomic mass is 32.1. The monoisotopic (exact) mass is 324 g/mol. The number of carbonyl (C=O) groups is 1. The minimum Gasteiger partial charge on any atom is -0.454 e. The van der Waals surface area contributed by atoms with E-state index in [0.717, 1.165) is 5.01 Å². The predicted octanol–water partition coefficient (Wildman–Crippen LogP) is 3.54. The zero-order chi connectivity index (χ0) is 15.8. The lowest BCUT2D eigenvalue weighted by Crippen LogP contribution is -2.02. The van der Waals surface area contributed by atoms with Gasteiger partial charge < -0.3 is 9.47 Å². The van der Waals surface area contributed by atoms with Gasteiger partial charge in [0.1, 0.15) is 11.6 Å². The second-order valence-corrected chi connectivity index (χ2v) is 6.34.